The number of unbranched alkanes of at least 4 members (excludes halogenated alkanes) is 2. The van der Waals surface area contributed by atoms with Crippen LogP contribution in [0.4, 0.5) is 0 Å². The minimum absolute atomic E-state index is 1.07. The third-order valence-corrected chi connectivity index (χ3v) is 6.00. The summed E-state index contributed by atoms with van der Waals surface area (Å²) in [6.45, 7) is 8.68. The van der Waals surface area contributed by atoms with Crippen LogP contribution in [-0.2, 0) is 12.8 Å². The van der Waals surface area contributed by atoms with E-state index in [4.69, 9.17) is 0 Å². The van der Waals surface area contributed by atoms with Gasteiger partial charge in [0, 0.05) is 21.7 Å². The minimum Gasteiger partial charge on any atom is -0.265 e. The van der Waals surface area contributed by atoms with Crippen LogP contribution in [0.2, 0.25) is 0 Å². The highest BCUT2D eigenvalue weighted by molar-refractivity contribution is 8.02. The Hall–Kier alpha value is -0.610. The number of hydrogen-bond donors (Lipinski definition) is 0. The molecule has 1 aromatic heterocycles. The molecule has 0 amide bonds. The average molecular weight is 339 g/mol. The van der Waals surface area contributed by atoms with Crippen molar-refractivity contribution in [2.24, 2.45) is 4.99 Å². The molecule has 0 aromatic carbocycles. The zero-order valence-corrected chi connectivity index (χ0v) is 16.4. The average Bonchev–Trinajstić information content (AvgIpc) is 2.88. The molecule has 0 saturated carbocycles. The van der Waals surface area contributed by atoms with E-state index in [0.29, 0.717) is 0 Å². The predicted molar refractivity (Wildman–Crippen MR) is 103 cm³/mol. The number of aliphatic imine (C=N–C) groups is 1. The molecular formula is C18H30N2S2. The van der Waals surface area contributed by atoms with Crippen LogP contribution in [0.3, 0.4) is 0 Å². The molecule has 0 aliphatic heterocycles. The molecule has 0 aliphatic carbocycles. The Morgan fingerprint density at radius 1 is 1.32 bits per heavy atom. The molecule has 124 valence electrons. The zero-order valence-electron chi connectivity index (χ0n) is 14.7. The summed E-state index contributed by atoms with van der Waals surface area (Å²) in [6, 6.07) is 0. The standard InChI is InChI=1S/C18H30N2S2/c1-6-11-17(21-5)14(3)19-13-10-8-9-12-18-20-15(4)16(7-2)22-18/h13H,6-12H2,1-5H3/b17-14-,19-13?. The highest BCUT2D eigenvalue weighted by Crippen LogP contribution is 2.23. The number of thiazole rings is 1. The number of rotatable bonds is 10. The highest BCUT2D eigenvalue weighted by Gasteiger charge is 2.05. The Kier molecular flexibility index (Phi) is 9.73. The number of aryl methyl sites for hydroxylation is 3. The van der Waals surface area contributed by atoms with Gasteiger partial charge in [0.2, 0.25) is 0 Å². The van der Waals surface area contributed by atoms with Crippen molar-refractivity contribution in [1.82, 2.24) is 4.98 Å². The van der Waals surface area contributed by atoms with Gasteiger partial charge in [0.05, 0.1) is 10.7 Å². The van der Waals surface area contributed by atoms with Crippen LogP contribution in [0.5, 0.6) is 0 Å². The topological polar surface area (TPSA) is 25.2 Å². The third-order valence-electron chi connectivity index (χ3n) is 3.64. The van der Waals surface area contributed by atoms with E-state index >= 15 is 0 Å². The summed E-state index contributed by atoms with van der Waals surface area (Å²) in [6.07, 6.45) is 12.3. The highest BCUT2D eigenvalue weighted by atomic mass is 32.2. The lowest BCUT2D eigenvalue weighted by molar-refractivity contribution is 0.760. The van der Waals surface area contributed by atoms with Crippen molar-refractivity contribution in [3.63, 3.8) is 0 Å². The second-order valence-electron chi connectivity index (χ2n) is 5.49. The quantitative estimate of drug-likeness (QED) is 0.375. The van der Waals surface area contributed by atoms with Crippen LogP contribution in [0.1, 0.15) is 68.5 Å². The van der Waals surface area contributed by atoms with E-state index in [-0.39, 0.29) is 0 Å². The minimum atomic E-state index is 1.07. The fourth-order valence-corrected chi connectivity index (χ4v) is 4.17. The van der Waals surface area contributed by atoms with Crippen molar-refractivity contribution < 1.29 is 0 Å². The SMILES string of the molecule is CCC/C(SC)=C(\C)N=CCCCCc1nc(C)c(CC)s1. The van der Waals surface area contributed by atoms with Crippen LogP contribution in [-0.4, -0.2) is 17.5 Å². The lowest BCUT2D eigenvalue weighted by Gasteiger charge is -2.04. The largest absolute Gasteiger partial charge is 0.265 e. The lowest BCUT2D eigenvalue weighted by Crippen LogP contribution is -1.87. The third kappa shape index (κ3) is 6.66. The van der Waals surface area contributed by atoms with Gasteiger partial charge in [-0.1, -0.05) is 20.3 Å². The number of hydrogen-bond acceptors (Lipinski definition) is 4. The summed E-state index contributed by atoms with van der Waals surface area (Å²) < 4.78 is 0. The molecule has 4 heteroatoms. The van der Waals surface area contributed by atoms with Gasteiger partial charge in [-0.15, -0.1) is 23.1 Å². The van der Waals surface area contributed by atoms with Gasteiger partial charge in [0.15, 0.2) is 0 Å². The molecule has 0 aliphatic rings. The van der Waals surface area contributed by atoms with Crippen molar-refractivity contribution in [3.8, 4) is 0 Å². The molecular weight excluding hydrogens is 308 g/mol. The van der Waals surface area contributed by atoms with Gasteiger partial charge in [-0.25, -0.2) is 4.98 Å². The van der Waals surface area contributed by atoms with E-state index < -0.39 is 0 Å². The van der Waals surface area contributed by atoms with E-state index in [0.717, 1.165) is 25.7 Å². The fourth-order valence-electron chi connectivity index (χ4n) is 2.37. The molecule has 1 rings (SSSR count). The van der Waals surface area contributed by atoms with Crippen LogP contribution < -0.4 is 0 Å². The fraction of sp³-hybridized carbons (Fsp3) is 0.667. The molecule has 2 nitrogen and oxygen atoms in total. The van der Waals surface area contributed by atoms with Gasteiger partial charge < -0.3 is 0 Å². The van der Waals surface area contributed by atoms with E-state index in [9.17, 15) is 0 Å². The lowest BCUT2D eigenvalue weighted by atomic mass is 10.2. The van der Waals surface area contributed by atoms with Gasteiger partial charge in [-0.2, -0.15) is 0 Å². The first-order valence-corrected chi connectivity index (χ1v) is 10.4. The predicted octanol–water partition coefficient (Wildman–Crippen LogP) is 6.19. The summed E-state index contributed by atoms with van der Waals surface area (Å²) in [4.78, 5) is 12.1. The van der Waals surface area contributed by atoms with Crippen LogP contribution in [0.15, 0.2) is 15.6 Å². The van der Waals surface area contributed by atoms with E-state index in [1.54, 1.807) is 0 Å². The van der Waals surface area contributed by atoms with Crippen molar-refractivity contribution >= 4 is 29.3 Å². The van der Waals surface area contributed by atoms with Crippen molar-refractivity contribution in [3.05, 3.63) is 26.2 Å². The van der Waals surface area contributed by atoms with Crippen LogP contribution in [0.25, 0.3) is 0 Å². The second kappa shape index (κ2) is 11.0. The summed E-state index contributed by atoms with van der Waals surface area (Å²) in [5, 5.41) is 1.30. The molecule has 0 bridgehead atoms. The molecule has 1 aromatic rings. The molecule has 1 heterocycles. The summed E-state index contributed by atoms with van der Waals surface area (Å²) in [5.74, 6) is 0. The molecule has 22 heavy (non-hydrogen) atoms. The number of nitrogens with zero attached hydrogens (tertiary/aromatic N) is 2. The summed E-state index contributed by atoms with van der Waals surface area (Å²) >= 11 is 3.72. The Morgan fingerprint density at radius 3 is 2.68 bits per heavy atom. The van der Waals surface area contributed by atoms with Gasteiger partial charge in [-0.05, 0) is 58.6 Å². The normalized spacial score (nSPS) is 13.0. The van der Waals surface area contributed by atoms with E-state index in [1.165, 1.54) is 45.4 Å². The molecule has 0 fully saturated rings. The van der Waals surface area contributed by atoms with Gasteiger partial charge >= 0.3 is 0 Å². The number of aromatic nitrogens is 1. The first kappa shape index (κ1) is 19.4. The molecule has 0 N–H and O–H groups in total. The van der Waals surface area contributed by atoms with Crippen molar-refractivity contribution in [2.45, 2.75) is 72.6 Å². The summed E-state index contributed by atoms with van der Waals surface area (Å²) in [7, 11) is 0. The van der Waals surface area contributed by atoms with Crippen LogP contribution >= 0.6 is 23.1 Å². The maximum atomic E-state index is 4.66. The molecule has 0 radical (unpaired) electrons. The van der Waals surface area contributed by atoms with Gasteiger partial charge in [0.1, 0.15) is 0 Å². The maximum absolute atomic E-state index is 4.66. The van der Waals surface area contributed by atoms with E-state index in [1.807, 2.05) is 23.1 Å². The Balaban J connectivity index is 2.31. The molecule has 0 unspecified atom stereocenters. The maximum Gasteiger partial charge on any atom is 0.0930 e. The zero-order chi connectivity index (χ0) is 16.4. The Bertz CT molecular complexity index is 501. The molecule has 0 atom stereocenters. The second-order valence-corrected chi connectivity index (χ2v) is 7.56. The molecule has 0 spiro atoms. The van der Waals surface area contributed by atoms with Crippen LogP contribution in [0, 0.1) is 6.92 Å². The van der Waals surface area contributed by atoms with Gasteiger partial charge in [-0.3, -0.25) is 4.99 Å². The van der Waals surface area contributed by atoms with Crippen molar-refractivity contribution in [2.75, 3.05) is 6.26 Å². The number of allylic oxidation sites excluding steroid dienone is 2. The van der Waals surface area contributed by atoms with Gasteiger partial charge in [0.25, 0.3) is 0 Å². The monoisotopic (exact) mass is 338 g/mol. The van der Waals surface area contributed by atoms with E-state index in [2.05, 4.69) is 50.1 Å². The molecule has 0 saturated heterocycles. The first-order valence-electron chi connectivity index (χ1n) is 8.33. The summed E-state index contributed by atoms with van der Waals surface area (Å²) in [5.41, 5.74) is 2.42. The first-order chi connectivity index (χ1) is 10.6. The Morgan fingerprint density at radius 2 is 2.09 bits per heavy atom. The Labute approximate surface area is 144 Å². The number of thioether (sulfide) groups is 1. The smallest absolute Gasteiger partial charge is 0.0930 e. The van der Waals surface area contributed by atoms with Crippen molar-refractivity contribution in [1.29, 1.82) is 0 Å².